The van der Waals surface area contributed by atoms with Gasteiger partial charge in [0.2, 0.25) is 11.8 Å². The number of fused-ring (bicyclic) bond motifs is 1. The average molecular weight is 434 g/mol. The number of methoxy groups -OCH3 is 1. The van der Waals surface area contributed by atoms with Gasteiger partial charge in [0.1, 0.15) is 17.1 Å². The largest absolute Gasteiger partial charge is 0.497 e. The Morgan fingerprint density at radius 2 is 1.84 bits per heavy atom. The molecule has 1 aliphatic rings. The Balaban J connectivity index is 1.22. The Labute approximate surface area is 186 Å². The third-order valence-corrected chi connectivity index (χ3v) is 5.65. The van der Waals surface area contributed by atoms with Crippen molar-refractivity contribution in [2.75, 3.05) is 13.7 Å². The van der Waals surface area contributed by atoms with Gasteiger partial charge in [-0.1, -0.05) is 29.4 Å². The Hall–Kier alpha value is -3.68. The van der Waals surface area contributed by atoms with Crippen molar-refractivity contribution in [3.63, 3.8) is 0 Å². The zero-order valence-corrected chi connectivity index (χ0v) is 18.0. The fourth-order valence-electron chi connectivity index (χ4n) is 3.83. The van der Waals surface area contributed by atoms with Crippen LogP contribution in [0.4, 0.5) is 0 Å². The second-order valence-electron chi connectivity index (χ2n) is 7.75. The Bertz CT molecular complexity index is 1080. The molecule has 166 valence electrons. The summed E-state index contributed by atoms with van der Waals surface area (Å²) in [6, 6.07) is 15.6. The minimum atomic E-state index is -0.134. The lowest BCUT2D eigenvalue weighted by Gasteiger charge is -2.29. The van der Waals surface area contributed by atoms with Crippen LogP contribution in [0.2, 0.25) is 0 Å². The summed E-state index contributed by atoms with van der Waals surface area (Å²) in [5, 5.41) is 10.7. The van der Waals surface area contributed by atoms with Gasteiger partial charge in [-0.2, -0.15) is 0 Å². The van der Waals surface area contributed by atoms with Crippen LogP contribution in [0.25, 0.3) is 11.3 Å². The third kappa shape index (κ3) is 5.14. The molecule has 0 fully saturated rings. The molecule has 3 aromatic rings. The highest BCUT2D eigenvalue weighted by Gasteiger charge is 2.20. The fourth-order valence-corrected chi connectivity index (χ4v) is 3.83. The molecule has 0 unspecified atom stereocenters. The fraction of sp³-hybridized carbons (Fsp3) is 0.333. The molecule has 0 radical (unpaired) electrons. The molecular formula is C24H26N4O4. The minimum absolute atomic E-state index is 0.0924. The summed E-state index contributed by atoms with van der Waals surface area (Å²) >= 11 is 0. The van der Waals surface area contributed by atoms with Crippen molar-refractivity contribution in [2.24, 2.45) is 0 Å². The second kappa shape index (κ2) is 10.1. The molecule has 0 atom stereocenters. The van der Waals surface area contributed by atoms with Crippen molar-refractivity contribution in [3.05, 3.63) is 65.4 Å². The van der Waals surface area contributed by atoms with Crippen molar-refractivity contribution in [1.29, 1.82) is 0 Å². The topological polar surface area (TPSA) is 97.6 Å². The number of aromatic nitrogens is 2. The zero-order chi connectivity index (χ0) is 22.3. The standard InChI is InChI=1S/C24H26N4O4/c1-31-20-11-9-18(10-12-20)24-21(26-32-27-24)15-25-22(29)7-4-8-23(30)28-14-13-17-5-2-3-6-19(17)16-28/h2-3,5-6,9-12H,4,7-8,13-16H2,1H3,(H,25,29). The molecule has 1 aromatic heterocycles. The quantitative estimate of drug-likeness (QED) is 0.585. The van der Waals surface area contributed by atoms with Crippen molar-refractivity contribution < 1.29 is 19.0 Å². The van der Waals surface area contributed by atoms with E-state index in [1.54, 1.807) is 7.11 Å². The first-order valence-electron chi connectivity index (χ1n) is 10.7. The van der Waals surface area contributed by atoms with Crippen molar-refractivity contribution in [1.82, 2.24) is 20.5 Å². The number of carbonyl (C=O) groups excluding carboxylic acids is 2. The molecule has 32 heavy (non-hydrogen) atoms. The summed E-state index contributed by atoms with van der Waals surface area (Å²) in [6.07, 6.45) is 2.02. The van der Waals surface area contributed by atoms with Gasteiger partial charge in [-0.15, -0.1) is 0 Å². The summed E-state index contributed by atoms with van der Waals surface area (Å²) < 4.78 is 10.0. The highest BCUT2D eigenvalue weighted by atomic mass is 16.6. The number of benzene rings is 2. The molecule has 2 aromatic carbocycles. The van der Waals surface area contributed by atoms with Crippen LogP contribution in [0.5, 0.6) is 5.75 Å². The first kappa shape index (κ1) is 21.5. The van der Waals surface area contributed by atoms with E-state index in [0.29, 0.717) is 30.8 Å². The van der Waals surface area contributed by atoms with Crippen molar-refractivity contribution >= 4 is 11.8 Å². The van der Waals surface area contributed by atoms with E-state index in [2.05, 4.69) is 27.8 Å². The van der Waals surface area contributed by atoms with Gasteiger partial charge in [0, 0.05) is 31.5 Å². The number of carbonyl (C=O) groups is 2. The maximum absolute atomic E-state index is 12.5. The smallest absolute Gasteiger partial charge is 0.222 e. The van der Waals surface area contributed by atoms with E-state index in [4.69, 9.17) is 9.37 Å². The van der Waals surface area contributed by atoms with Gasteiger partial charge in [-0.3, -0.25) is 9.59 Å². The maximum Gasteiger partial charge on any atom is 0.222 e. The molecule has 1 aliphatic heterocycles. The predicted molar refractivity (Wildman–Crippen MR) is 118 cm³/mol. The third-order valence-electron chi connectivity index (χ3n) is 5.65. The molecule has 8 nitrogen and oxygen atoms in total. The van der Waals surface area contributed by atoms with Gasteiger partial charge in [0.25, 0.3) is 0 Å². The van der Waals surface area contributed by atoms with Gasteiger partial charge in [0.05, 0.1) is 13.7 Å². The molecule has 0 saturated carbocycles. The van der Waals surface area contributed by atoms with Crippen molar-refractivity contribution in [2.45, 2.75) is 38.8 Å². The molecular weight excluding hydrogens is 408 g/mol. The Kier molecular flexibility index (Phi) is 6.79. The average Bonchev–Trinajstić information content (AvgIpc) is 3.31. The van der Waals surface area contributed by atoms with E-state index in [0.717, 1.165) is 24.3 Å². The van der Waals surface area contributed by atoms with E-state index in [-0.39, 0.29) is 24.8 Å². The van der Waals surface area contributed by atoms with Gasteiger partial charge in [0.15, 0.2) is 0 Å². The SMILES string of the molecule is COc1ccc(-c2nonc2CNC(=O)CCCC(=O)N2CCc3ccccc3C2)cc1. The molecule has 1 N–H and O–H groups in total. The summed E-state index contributed by atoms with van der Waals surface area (Å²) in [7, 11) is 1.60. The molecule has 0 spiro atoms. The van der Waals surface area contributed by atoms with E-state index in [9.17, 15) is 9.59 Å². The summed E-state index contributed by atoms with van der Waals surface area (Å²) in [5.74, 6) is 0.698. The lowest BCUT2D eigenvalue weighted by molar-refractivity contribution is -0.132. The minimum Gasteiger partial charge on any atom is -0.497 e. The van der Waals surface area contributed by atoms with Gasteiger partial charge in [-0.05, 0) is 53.4 Å². The number of nitrogens with zero attached hydrogens (tertiary/aromatic N) is 3. The van der Waals surface area contributed by atoms with E-state index < -0.39 is 0 Å². The number of rotatable bonds is 8. The van der Waals surface area contributed by atoms with Gasteiger partial charge in [-0.25, -0.2) is 4.63 Å². The van der Waals surface area contributed by atoms with E-state index >= 15 is 0 Å². The normalized spacial score (nSPS) is 12.8. The molecule has 2 heterocycles. The van der Waals surface area contributed by atoms with E-state index in [1.165, 1.54) is 11.1 Å². The number of hydrogen-bond donors (Lipinski definition) is 1. The molecule has 8 heteroatoms. The van der Waals surface area contributed by atoms with Crippen LogP contribution < -0.4 is 10.1 Å². The van der Waals surface area contributed by atoms with Crippen LogP contribution in [0.15, 0.2) is 53.2 Å². The van der Waals surface area contributed by atoms with Crippen LogP contribution in [0.1, 0.15) is 36.1 Å². The Morgan fingerprint density at radius 3 is 2.62 bits per heavy atom. The number of nitrogens with one attached hydrogen (secondary N) is 1. The van der Waals surface area contributed by atoms with Crippen LogP contribution in [0.3, 0.4) is 0 Å². The van der Waals surface area contributed by atoms with Crippen molar-refractivity contribution in [3.8, 4) is 17.0 Å². The summed E-state index contributed by atoms with van der Waals surface area (Å²) in [6.45, 7) is 1.59. The predicted octanol–water partition coefficient (Wildman–Crippen LogP) is 3.12. The number of amides is 2. The molecule has 0 aliphatic carbocycles. The Morgan fingerprint density at radius 1 is 1.06 bits per heavy atom. The lowest BCUT2D eigenvalue weighted by Crippen LogP contribution is -2.36. The number of ether oxygens (including phenoxy) is 1. The monoisotopic (exact) mass is 434 g/mol. The molecule has 0 bridgehead atoms. The maximum atomic E-state index is 12.5. The molecule has 4 rings (SSSR count). The number of hydrogen-bond acceptors (Lipinski definition) is 6. The molecule has 2 amide bonds. The summed E-state index contributed by atoms with van der Waals surface area (Å²) in [5.41, 5.74) is 4.47. The lowest BCUT2D eigenvalue weighted by atomic mass is 9.99. The van der Waals surface area contributed by atoms with Gasteiger partial charge < -0.3 is 15.0 Å². The van der Waals surface area contributed by atoms with Crippen LogP contribution in [-0.2, 0) is 29.1 Å². The van der Waals surface area contributed by atoms with Gasteiger partial charge >= 0.3 is 0 Å². The summed E-state index contributed by atoms with van der Waals surface area (Å²) in [4.78, 5) is 26.7. The van der Waals surface area contributed by atoms with Crippen LogP contribution >= 0.6 is 0 Å². The highest BCUT2D eigenvalue weighted by Crippen LogP contribution is 2.23. The van der Waals surface area contributed by atoms with Crippen LogP contribution in [0, 0.1) is 0 Å². The molecule has 0 saturated heterocycles. The highest BCUT2D eigenvalue weighted by molar-refractivity contribution is 5.79. The first-order valence-corrected chi connectivity index (χ1v) is 10.7. The van der Waals surface area contributed by atoms with E-state index in [1.807, 2.05) is 41.3 Å². The van der Waals surface area contributed by atoms with Crippen LogP contribution in [-0.4, -0.2) is 40.7 Å². The first-order chi connectivity index (χ1) is 15.6. The second-order valence-corrected chi connectivity index (χ2v) is 7.75. The zero-order valence-electron chi connectivity index (χ0n) is 18.0.